The van der Waals surface area contributed by atoms with Gasteiger partial charge in [-0.25, -0.2) is 5.01 Å². The molecule has 1 aliphatic rings. The predicted molar refractivity (Wildman–Crippen MR) is 115 cm³/mol. The van der Waals surface area contributed by atoms with Crippen molar-refractivity contribution in [1.82, 2.24) is 5.01 Å². The van der Waals surface area contributed by atoms with Crippen LogP contribution < -0.4 is 9.47 Å². The molecule has 0 bridgehead atoms. The molecule has 6 nitrogen and oxygen atoms in total. The molecule has 0 radical (unpaired) electrons. The number of methoxy groups -OCH3 is 1. The quantitative estimate of drug-likeness (QED) is 0.534. The number of carbonyl (C=O) groups excluding carboxylic acids is 2. The molecule has 30 heavy (non-hydrogen) atoms. The average molecular weight is 420 g/mol. The number of rotatable bonds is 7. The monoisotopic (exact) mass is 420 g/mol. The number of hydrazone groups is 1. The van der Waals surface area contributed by atoms with Gasteiger partial charge in [0, 0.05) is 16.9 Å². The standard InChI is InChI=1S/C23H20N2O4S/c1-28-18-10-6-17(7-11-18)20-13-21(22-3-2-12-30-22)25(24-20)23(27)15-29-19-8-4-16(14-26)5-9-19/h2-12,14,21H,13,15H2,1H3. The van der Waals surface area contributed by atoms with Gasteiger partial charge in [0.1, 0.15) is 17.8 Å². The number of nitrogens with zero attached hydrogens (tertiary/aromatic N) is 2. The Balaban J connectivity index is 1.52. The first kappa shape index (κ1) is 19.8. The zero-order valence-electron chi connectivity index (χ0n) is 16.4. The molecular formula is C23H20N2O4S. The molecule has 0 N–H and O–H groups in total. The van der Waals surface area contributed by atoms with Crippen LogP contribution in [0.15, 0.2) is 71.1 Å². The van der Waals surface area contributed by atoms with Crippen molar-refractivity contribution in [2.24, 2.45) is 5.10 Å². The number of ether oxygens (including phenoxy) is 2. The Hall–Kier alpha value is -3.45. The summed E-state index contributed by atoms with van der Waals surface area (Å²) in [4.78, 5) is 24.8. The summed E-state index contributed by atoms with van der Waals surface area (Å²) in [6, 6.07) is 18.1. The SMILES string of the molecule is COc1ccc(C2=NN(C(=O)COc3ccc(C=O)cc3)C(c3cccs3)C2)cc1. The highest BCUT2D eigenvalue weighted by atomic mass is 32.1. The highest BCUT2D eigenvalue weighted by molar-refractivity contribution is 7.10. The minimum atomic E-state index is -0.226. The van der Waals surface area contributed by atoms with Gasteiger partial charge in [-0.2, -0.15) is 5.10 Å². The van der Waals surface area contributed by atoms with Crippen LogP contribution in [0.3, 0.4) is 0 Å². The van der Waals surface area contributed by atoms with E-state index in [1.54, 1.807) is 42.7 Å². The predicted octanol–water partition coefficient (Wildman–Crippen LogP) is 4.33. The van der Waals surface area contributed by atoms with Gasteiger partial charge in [-0.15, -0.1) is 11.3 Å². The van der Waals surface area contributed by atoms with Crippen LogP contribution in [0.4, 0.5) is 0 Å². The number of benzene rings is 2. The van der Waals surface area contributed by atoms with Gasteiger partial charge >= 0.3 is 0 Å². The van der Waals surface area contributed by atoms with Crippen molar-refractivity contribution >= 4 is 29.2 Å². The Kier molecular flexibility index (Phi) is 5.90. The molecule has 152 valence electrons. The summed E-state index contributed by atoms with van der Waals surface area (Å²) in [7, 11) is 1.63. The number of hydrogen-bond donors (Lipinski definition) is 0. The van der Waals surface area contributed by atoms with E-state index in [1.807, 2.05) is 41.8 Å². The lowest BCUT2D eigenvalue weighted by Gasteiger charge is -2.20. The molecule has 0 saturated heterocycles. The van der Waals surface area contributed by atoms with Crippen LogP contribution in [-0.4, -0.2) is 36.6 Å². The van der Waals surface area contributed by atoms with Crippen LogP contribution in [0.5, 0.6) is 11.5 Å². The number of carbonyl (C=O) groups is 2. The summed E-state index contributed by atoms with van der Waals surface area (Å²) in [5, 5.41) is 8.14. The molecule has 1 amide bonds. The number of thiophene rings is 1. The van der Waals surface area contributed by atoms with Gasteiger partial charge in [-0.05, 0) is 65.5 Å². The first-order valence-electron chi connectivity index (χ1n) is 9.43. The van der Waals surface area contributed by atoms with Crippen LogP contribution >= 0.6 is 11.3 Å². The van der Waals surface area contributed by atoms with Gasteiger partial charge < -0.3 is 9.47 Å². The van der Waals surface area contributed by atoms with E-state index >= 15 is 0 Å². The smallest absolute Gasteiger partial charge is 0.281 e. The molecule has 3 aromatic rings. The third kappa shape index (κ3) is 4.26. The van der Waals surface area contributed by atoms with Crippen LogP contribution in [0.25, 0.3) is 0 Å². The zero-order chi connectivity index (χ0) is 20.9. The molecule has 2 heterocycles. The van der Waals surface area contributed by atoms with E-state index in [4.69, 9.17) is 9.47 Å². The zero-order valence-corrected chi connectivity index (χ0v) is 17.2. The topological polar surface area (TPSA) is 68.2 Å². The van der Waals surface area contributed by atoms with Crippen LogP contribution in [0.2, 0.25) is 0 Å². The summed E-state index contributed by atoms with van der Waals surface area (Å²) >= 11 is 1.60. The fourth-order valence-corrected chi connectivity index (χ4v) is 4.07. The van der Waals surface area contributed by atoms with E-state index in [9.17, 15) is 9.59 Å². The van der Waals surface area contributed by atoms with Gasteiger partial charge in [0.2, 0.25) is 0 Å². The van der Waals surface area contributed by atoms with Gasteiger partial charge in [0.15, 0.2) is 6.61 Å². The largest absolute Gasteiger partial charge is 0.497 e. The molecule has 0 aliphatic carbocycles. The lowest BCUT2D eigenvalue weighted by atomic mass is 10.0. The summed E-state index contributed by atoms with van der Waals surface area (Å²) in [5.41, 5.74) is 2.36. The lowest BCUT2D eigenvalue weighted by molar-refractivity contribution is -0.135. The molecule has 7 heteroatoms. The third-order valence-electron chi connectivity index (χ3n) is 4.84. The Labute approximate surface area is 178 Å². The second-order valence-electron chi connectivity index (χ2n) is 6.72. The second kappa shape index (κ2) is 8.92. The van der Waals surface area contributed by atoms with E-state index in [-0.39, 0.29) is 18.6 Å². The van der Waals surface area contributed by atoms with Crippen molar-refractivity contribution in [1.29, 1.82) is 0 Å². The normalized spacial score (nSPS) is 15.6. The highest BCUT2D eigenvalue weighted by Gasteiger charge is 2.33. The lowest BCUT2D eigenvalue weighted by Crippen LogP contribution is -2.31. The fraction of sp³-hybridized carbons (Fsp3) is 0.174. The molecule has 0 fully saturated rings. The maximum Gasteiger partial charge on any atom is 0.281 e. The summed E-state index contributed by atoms with van der Waals surface area (Å²) < 4.78 is 10.8. The van der Waals surface area contributed by atoms with Gasteiger partial charge in [-0.3, -0.25) is 9.59 Å². The van der Waals surface area contributed by atoms with E-state index in [2.05, 4.69) is 5.10 Å². The van der Waals surface area contributed by atoms with Gasteiger partial charge in [0.05, 0.1) is 18.9 Å². The first-order valence-corrected chi connectivity index (χ1v) is 10.3. The Morgan fingerprint density at radius 1 is 1.13 bits per heavy atom. The maximum atomic E-state index is 12.9. The molecular weight excluding hydrogens is 400 g/mol. The van der Waals surface area contributed by atoms with Crippen molar-refractivity contribution in [3.8, 4) is 11.5 Å². The minimum Gasteiger partial charge on any atom is -0.497 e. The van der Waals surface area contributed by atoms with E-state index in [0.717, 1.165) is 28.2 Å². The second-order valence-corrected chi connectivity index (χ2v) is 7.70. The van der Waals surface area contributed by atoms with E-state index in [1.165, 1.54) is 5.01 Å². The van der Waals surface area contributed by atoms with Crippen LogP contribution in [0.1, 0.15) is 33.3 Å². The molecule has 1 aliphatic heterocycles. The van der Waals surface area contributed by atoms with E-state index in [0.29, 0.717) is 17.7 Å². The molecule has 0 saturated carbocycles. The van der Waals surface area contributed by atoms with Crippen molar-refractivity contribution < 1.29 is 19.1 Å². The van der Waals surface area contributed by atoms with Crippen molar-refractivity contribution in [2.45, 2.75) is 12.5 Å². The Morgan fingerprint density at radius 3 is 2.50 bits per heavy atom. The first-order chi connectivity index (χ1) is 14.7. The molecule has 1 unspecified atom stereocenters. The molecule has 1 aromatic heterocycles. The fourth-order valence-electron chi connectivity index (χ4n) is 3.25. The molecule has 0 spiro atoms. The van der Waals surface area contributed by atoms with Crippen molar-refractivity contribution in [2.75, 3.05) is 13.7 Å². The van der Waals surface area contributed by atoms with Gasteiger partial charge in [0.25, 0.3) is 5.91 Å². The number of aldehydes is 1. The average Bonchev–Trinajstić information content (AvgIpc) is 3.48. The van der Waals surface area contributed by atoms with Gasteiger partial charge in [-0.1, -0.05) is 6.07 Å². The maximum absolute atomic E-state index is 12.9. The third-order valence-corrected chi connectivity index (χ3v) is 5.81. The van der Waals surface area contributed by atoms with Crippen molar-refractivity contribution in [3.05, 3.63) is 82.0 Å². The summed E-state index contributed by atoms with van der Waals surface area (Å²) in [5.74, 6) is 1.07. The van der Waals surface area contributed by atoms with Crippen LogP contribution in [-0.2, 0) is 4.79 Å². The highest BCUT2D eigenvalue weighted by Crippen LogP contribution is 2.35. The Bertz CT molecular complexity index is 1040. The number of hydrogen-bond acceptors (Lipinski definition) is 6. The molecule has 2 aromatic carbocycles. The Morgan fingerprint density at radius 2 is 1.87 bits per heavy atom. The molecule has 1 atom stereocenters. The van der Waals surface area contributed by atoms with Crippen molar-refractivity contribution in [3.63, 3.8) is 0 Å². The summed E-state index contributed by atoms with van der Waals surface area (Å²) in [6.07, 6.45) is 1.40. The van der Waals surface area contributed by atoms with E-state index < -0.39 is 0 Å². The minimum absolute atomic E-state index is 0.137. The van der Waals surface area contributed by atoms with Crippen LogP contribution in [0, 0.1) is 0 Å². The molecule has 4 rings (SSSR count). The number of amides is 1. The summed E-state index contributed by atoms with van der Waals surface area (Å²) in [6.45, 7) is -0.137.